The Hall–Kier alpha value is -1.16. The molecule has 12 heavy (non-hydrogen) atoms. The molecule has 0 atom stereocenters. The van der Waals surface area contributed by atoms with Crippen molar-refractivity contribution in [3.63, 3.8) is 0 Å². The lowest BCUT2D eigenvalue weighted by Gasteiger charge is -1.80. The lowest BCUT2D eigenvalue weighted by atomic mass is 10.4. The molecule has 0 bridgehead atoms. The minimum atomic E-state index is 0.493. The highest BCUT2D eigenvalue weighted by atomic mass is 32.1. The highest BCUT2D eigenvalue weighted by Gasteiger charge is 2.02. The quantitative estimate of drug-likeness (QED) is 0.655. The first-order valence-corrected chi connectivity index (χ1v) is 4.49. The molecule has 62 valence electrons. The maximum atomic E-state index is 10.2. The van der Waals surface area contributed by atoms with Crippen molar-refractivity contribution >= 4 is 22.6 Å². The zero-order valence-corrected chi connectivity index (χ0v) is 7.47. The SMILES string of the molecule is Cc1cn2cc(CC=O)sc2n1. The Balaban J connectivity index is 2.49. The minimum absolute atomic E-state index is 0.493. The van der Waals surface area contributed by atoms with Crippen molar-refractivity contribution in [1.29, 1.82) is 0 Å². The van der Waals surface area contributed by atoms with Gasteiger partial charge in [-0.25, -0.2) is 4.98 Å². The Kier molecular flexibility index (Phi) is 1.69. The van der Waals surface area contributed by atoms with Gasteiger partial charge >= 0.3 is 0 Å². The normalized spacial score (nSPS) is 10.8. The Morgan fingerprint density at radius 3 is 3.17 bits per heavy atom. The number of nitrogens with zero attached hydrogens (tertiary/aromatic N) is 2. The van der Waals surface area contributed by atoms with E-state index < -0.39 is 0 Å². The van der Waals surface area contributed by atoms with E-state index in [1.807, 2.05) is 23.7 Å². The van der Waals surface area contributed by atoms with E-state index in [0.717, 1.165) is 21.8 Å². The second kappa shape index (κ2) is 2.71. The van der Waals surface area contributed by atoms with E-state index in [1.165, 1.54) is 0 Å². The molecule has 2 aromatic rings. The van der Waals surface area contributed by atoms with Crippen molar-refractivity contribution in [1.82, 2.24) is 9.38 Å². The number of aryl methyl sites for hydroxylation is 1. The molecule has 0 aliphatic heterocycles. The third-order valence-electron chi connectivity index (χ3n) is 1.61. The molecular formula is C8H8N2OS. The molecule has 2 heterocycles. The molecule has 0 aliphatic rings. The number of hydrogen-bond donors (Lipinski definition) is 0. The maximum Gasteiger partial charge on any atom is 0.194 e. The average molecular weight is 180 g/mol. The topological polar surface area (TPSA) is 34.4 Å². The Labute approximate surface area is 73.7 Å². The highest BCUT2D eigenvalue weighted by molar-refractivity contribution is 7.17. The van der Waals surface area contributed by atoms with Crippen LogP contribution in [0.1, 0.15) is 10.6 Å². The van der Waals surface area contributed by atoms with Gasteiger partial charge in [0, 0.05) is 23.7 Å². The third-order valence-corrected chi connectivity index (χ3v) is 2.63. The van der Waals surface area contributed by atoms with Crippen LogP contribution in [0.2, 0.25) is 0 Å². The van der Waals surface area contributed by atoms with Crippen LogP contribution in [0.3, 0.4) is 0 Å². The van der Waals surface area contributed by atoms with Crippen molar-refractivity contribution in [3.05, 3.63) is 23.0 Å². The Morgan fingerprint density at radius 1 is 1.67 bits per heavy atom. The number of hydrogen-bond acceptors (Lipinski definition) is 3. The summed E-state index contributed by atoms with van der Waals surface area (Å²) in [6, 6.07) is 0. The van der Waals surface area contributed by atoms with E-state index in [2.05, 4.69) is 4.98 Å². The second-order valence-electron chi connectivity index (χ2n) is 2.64. The Morgan fingerprint density at radius 2 is 2.50 bits per heavy atom. The van der Waals surface area contributed by atoms with Crippen molar-refractivity contribution in [2.75, 3.05) is 0 Å². The molecule has 3 nitrogen and oxygen atoms in total. The van der Waals surface area contributed by atoms with Crippen molar-refractivity contribution in [3.8, 4) is 0 Å². The van der Waals surface area contributed by atoms with E-state index >= 15 is 0 Å². The molecule has 0 saturated heterocycles. The molecule has 0 spiro atoms. The zero-order valence-electron chi connectivity index (χ0n) is 6.65. The first-order valence-electron chi connectivity index (χ1n) is 3.67. The molecule has 0 fully saturated rings. The predicted molar refractivity (Wildman–Crippen MR) is 47.6 cm³/mol. The maximum absolute atomic E-state index is 10.2. The van der Waals surface area contributed by atoms with Crippen LogP contribution in [0, 0.1) is 6.92 Å². The summed E-state index contributed by atoms with van der Waals surface area (Å²) >= 11 is 1.56. The number of fused-ring (bicyclic) bond motifs is 1. The van der Waals surface area contributed by atoms with E-state index in [9.17, 15) is 4.79 Å². The molecule has 0 aromatic carbocycles. The lowest BCUT2D eigenvalue weighted by Crippen LogP contribution is -1.79. The van der Waals surface area contributed by atoms with Crippen LogP contribution in [-0.4, -0.2) is 15.7 Å². The summed E-state index contributed by atoms with van der Waals surface area (Å²) in [6.45, 7) is 1.96. The van der Waals surface area contributed by atoms with Gasteiger partial charge in [0.1, 0.15) is 6.29 Å². The summed E-state index contributed by atoms with van der Waals surface area (Å²) in [5.41, 5.74) is 1.01. The van der Waals surface area contributed by atoms with Crippen LogP contribution in [0.25, 0.3) is 4.96 Å². The highest BCUT2D eigenvalue weighted by Crippen LogP contribution is 2.17. The molecule has 0 amide bonds. The van der Waals surface area contributed by atoms with Gasteiger partial charge in [-0.05, 0) is 6.92 Å². The molecule has 0 unspecified atom stereocenters. The summed E-state index contributed by atoms with van der Waals surface area (Å²) in [7, 11) is 0. The van der Waals surface area contributed by atoms with Gasteiger partial charge in [0.15, 0.2) is 4.96 Å². The monoisotopic (exact) mass is 180 g/mol. The molecule has 0 aliphatic carbocycles. The van der Waals surface area contributed by atoms with Gasteiger partial charge in [-0.2, -0.15) is 0 Å². The average Bonchev–Trinajstić information content (AvgIpc) is 2.44. The molecule has 2 rings (SSSR count). The van der Waals surface area contributed by atoms with Gasteiger partial charge in [-0.1, -0.05) is 0 Å². The minimum Gasteiger partial charge on any atom is -0.303 e. The molecule has 0 N–H and O–H groups in total. The van der Waals surface area contributed by atoms with Crippen LogP contribution in [0.4, 0.5) is 0 Å². The number of aromatic nitrogens is 2. The number of carbonyl (C=O) groups excluding carboxylic acids is 1. The molecule has 2 aromatic heterocycles. The number of rotatable bonds is 2. The van der Waals surface area contributed by atoms with E-state index in [-0.39, 0.29) is 0 Å². The van der Waals surface area contributed by atoms with Gasteiger partial charge in [0.2, 0.25) is 0 Å². The fourth-order valence-electron chi connectivity index (χ4n) is 1.14. The van der Waals surface area contributed by atoms with Crippen molar-refractivity contribution in [2.24, 2.45) is 0 Å². The van der Waals surface area contributed by atoms with Crippen molar-refractivity contribution in [2.45, 2.75) is 13.3 Å². The number of carbonyl (C=O) groups is 1. The number of imidazole rings is 1. The van der Waals surface area contributed by atoms with Gasteiger partial charge in [0.25, 0.3) is 0 Å². The van der Waals surface area contributed by atoms with Crippen LogP contribution in [-0.2, 0) is 11.2 Å². The predicted octanol–water partition coefficient (Wildman–Crippen LogP) is 1.45. The smallest absolute Gasteiger partial charge is 0.194 e. The van der Waals surface area contributed by atoms with Crippen LogP contribution in [0.5, 0.6) is 0 Å². The third kappa shape index (κ3) is 1.14. The lowest BCUT2D eigenvalue weighted by molar-refractivity contribution is -0.107. The summed E-state index contributed by atoms with van der Waals surface area (Å²) in [5, 5.41) is 0. The molecule has 0 saturated carbocycles. The van der Waals surface area contributed by atoms with Gasteiger partial charge in [-0.3, -0.25) is 4.40 Å². The van der Waals surface area contributed by atoms with Crippen LogP contribution in [0.15, 0.2) is 12.4 Å². The number of thiazole rings is 1. The zero-order chi connectivity index (χ0) is 8.55. The summed E-state index contributed by atoms with van der Waals surface area (Å²) < 4.78 is 1.96. The fraction of sp³-hybridized carbons (Fsp3) is 0.250. The fourth-order valence-corrected chi connectivity index (χ4v) is 2.09. The Bertz CT molecular complexity index is 384. The van der Waals surface area contributed by atoms with E-state index in [1.54, 1.807) is 11.3 Å². The first kappa shape index (κ1) is 7.49. The molecular weight excluding hydrogens is 172 g/mol. The summed E-state index contributed by atoms with van der Waals surface area (Å²) in [6.07, 6.45) is 5.32. The summed E-state index contributed by atoms with van der Waals surface area (Å²) in [4.78, 5) is 16.5. The van der Waals surface area contributed by atoms with Gasteiger partial charge in [0.05, 0.1) is 5.69 Å². The standard InChI is InChI=1S/C8H8N2OS/c1-6-4-10-5-7(2-3-11)12-8(10)9-6/h3-5H,2H2,1H3. The van der Waals surface area contributed by atoms with Gasteiger partial charge < -0.3 is 4.79 Å². The van der Waals surface area contributed by atoms with E-state index in [4.69, 9.17) is 0 Å². The first-order chi connectivity index (χ1) is 5.79. The van der Waals surface area contributed by atoms with Crippen LogP contribution >= 0.6 is 11.3 Å². The molecule has 4 heteroatoms. The van der Waals surface area contributed by atoms with Crippen LogP contribution < -0.4 is 0 Å². The van der Waals surface area contributed by atoms with E-state index in [0.29, 0.717) is 6.42 Å². The largest absolute Gasteiger partial charge is 0.303 e. The summed E-state index contributed by atoms with van der Waals surface area (Å²) in [5.74, 6) is 0. The second-order valence-corrected chi connectivity index (χ2v) is 3.73. The molecule has 0 radical (unpaired) electrons. The number of aldehydes is 1. The van der Waals surface area contributed by atoms with Crippen molar-refractivity contribution < 1.29 is 4.79 Å². The van der Waals surface area contributed by atoms with Gasteiger partial charge in [-0.15, -0.1) is 11.3 Å².